The zero-order valence-corrected chi connectivity index (χ0v) is 10.5. The van der Waals surface area contributed by atoms with E-state index in [-0.39, 0.29) is 5.56 Å². The van der Waals surface area contributed by atoms with Crippen molar-refractivity contribution in [3.05, 3.63) is 21.2 Å². The van der Waals surface area contributed by atoms with Crippen molar-refractivity contribution in [1.29, 1.82) is 0 Å². The molecule has 15 heavy (non-hydrogen) atoms. The molecule has 0 radical (unpaired) electrons. The summed E-state index contributed by atoms with van der Waals surface area (Å²) in [4.78, 5) is 19.9. The lowest BCUT2D eigenvalue weighted by atomic mass is 10.4. The molecule has 0 fully saturated rings. The van der Waals surface area contributed by atoms with Crippen LogP contribution in [-0.4, -0.2) is 37.2 Å². The highest BCUT2D eigenvalue weighted by Crippen LogP contribution is 2.17. The Bertz CT molecular complexity index is 365. The topological polar surface area (TPSA) is 61.0 Å². The van der Waals surface area contributed by atoms with Crippen LogP contribution in [0, 0.1) is 0 Å². The van der Waals surface area contributed by atoms with Crippen molar-refractivity contribution < 1.29 is 0 Å². The minimum absolute atomic E-state index is 0.152. The molecule has 0 aliphatic heterocycles. The van der Waals surface area contributed by atoms with E-state index in [2.05, 4.69) is 31.2 Å². The van der Waals surface area contributed by atoms with E-state index in [4.69, 9.17) is 0 Å². The minimum Gasteiger partial charge on any atom is -0.358 e. The van der Waals surface area contributed by atoms with E-state index in [9.17, 15) is 4.79 Å². The molecule has 1 aromatic heterocycles. The fourth-order valence-electron chi connectivity index (χ4n) is 1.24. The molecule has 5 nitrogen and oxygen atoms in total. The first-order valence-electron chi connectivity index (χ1n) is 4.75. The quantitative estimate of drug-likeness (QED) is 0.772. The van der Waals surface area contributed by atoms with Crippen LogP contribution < -0.4 is 15.8 Å². The normalized spacial score (nSPS) is 10.3. The number of nitrogens with zero attached hydrogens (tertiary/aromatic N) is 2. The van der Waals surface area contributed by atoms with Gasteiger partial charge < -0.3 is 15.2 Å². The Morgan fingerprint density at radius 2 is 2.40 bits per heavy atom. The van der Waals surface area contributed by atoms with Gasteiger partial charge in [0.1, 0.15) is 10.3 Å². The number of rotatable bonds is 5. The largest absolute Gasteiger partial charge is 0.358 e. The molecule has 2 N–H and O–H groups in total. The van der Waals surface area contributed by atoms with Crippen LogP contribution in [0.25, 0.3) is 0 Å². The molecule has 0 bridgehead atoms. The maximum absolute atomic E-state index is 11.3. The Balaban J connectivity index is 2.69. The summed E-state index contributed by atoms with van der Waals surface area (Å²) < 4.78 is 0.483. The standard InChI is InChI=1S/C9H15BrN4O/c1-11-4-3-5-14(2)8-7(10)9(15)13-6-12-8/h6,11H,3-5H2,1-2H3,(H,12,13,15). The number of hydrogen-bond donors (Lipinski definition) is 2. The van der Waals surface area contributed by atoms with Gasteiger partial charge in [0.15, 0.2) is 0 Å². The number of aromatic amines is 1. The predicted molar refractivity (Wildman–Crippen MR) is 64.4 cm³/mol. The van der Waals surface area contributed by atoms with Crippen LogP contribution in [0.4, 0.5) is 5.82 Å². The maximum Gasteiger partial charge on any atom is 0.267 e. The number of aromatic nitrogens is 2. The summed E-state index contributed by atoms with van der Waals surface area (Å²) >= 11 is 3.23. The van der Waals surface area contributed by atoms with Crippen LogP contribution in [0.2, 0.25) is 0 Å². The number of nitrogens with one attached hydrogen (secondary N) is 2. The Hall–Kier alpha value is -0.880. The highest BCUT2D eigenvalue weighted by atomic mass is 79.9. The highest BCUT2D eigenvalue weighted by molar-refractivity contribution is 9.10. The Labute approximate surface area is 97.0 Å². The van der Waals surface area contributed by atoms with Gasteiger partial charge in [0.25, 0.3) is 5.56 Å². The fraction of sp³-hybridized carbons (Fsp3) is 0.556. The SMILES string of the molecule is CNCCCN(C)c1nc[nH]c(=O)c1Br. The molecule has 6 heteroatoms. The number of H-pyrrole nitrogens is 1. The Kier molecular flexibility index (Phi) is 4.77. The zero-order valence-electron chi connectivity index (χ0n) is 8.88. The molecular weight excluding hydrogens is 260 g/mol. The van der Waals surface area contributed by atoms with E-state index >= 15 is 0 Å². The molecule has 0 atom stereocenters. The van der Waals surface area contributed by atoms with E-state index < -0.39 is 0 Å². The molecule has 84 valence electrons. The smallest absolute Gasteiger partial charge is 0.267 e. The molecule has 0 aliphatic carbocycles. The number of halogens is 1. The second-order valence-electron chi connectivity index (χ2n) is 3.25. The van der Waals surface area contributed by atoms with Crippen LogP contribution in [0.5, 0.6) is 0 Å². The predicted octanol–water partition coefficient (Wildman–Crippen LogP) is 0.578. The molecule has 0 saturated carbocycles. The summed E-state index contributed by atoms with van der Waals surface area (Å²) in [6.07, 6.45) is 2.42. The van der Waals surface area contributed by atoms with Crippen molar-refractivity contribution in [2.24, 2.45) is 0 Å². The van der Waals surface area contributed by atoms with Crippen molar-refractivity contribution in [2.75, 3.05) is 32.1 Å². The third-order valence-corrected chi connectivity index (χ3v) is 2.77. The third kappa shape index (κ3) is 3.32. The van der Waals surface area contributed by atoms with E-state index in [1.165, 1.54) is 6.33 Å². The van der Waals surface area contributed by atoms with Gasteiger partial charge in [0.2, 0.25) is 0 Å². The van der Waals surface area contributed by atoms with E-state index in [1.807, 2.05) is 19.0 Å². The second-order valence-corrected chi connectivity index (χ2v) is 4.04. The van der Waals surface area contributed by atoms with Crippen molar-refractivity contribution >= 4 is 21.7 Å². The lowest BCUT2D eigenvalue weighted by molar-refractivity contribution is 0.707. The van der Waals surface area contributed by atoms with Crippen molar-refractivity contribution in [1.82, 2.24) is 15.3 Å². The van der Waals surface area contributed by atoms with Crippen molar-refractivity contribution in [3.63, 3.8) is 0 Å². The molecule has 0 amide bonds. The molecule has 1 heterocycles. The highest BCUT2D eigenvalue weighted by Gasteiger charge is 2.09. The van der Waals surface area contributed by atoms with Gasteiger partial charge in [-0.3, -0.25) is 4.79 Å². The summed E-state index contributed by atoms with van der Waals surface area (Å²) in [5.41, 5.74) is -0.152. The zero-order chi connectivity index (χ0) is 11.3. The minimum atomic E-state index is -0.152. The second kappa shape index (κ2) is 5.87. The molecule has 0 unspecified atom stereocenters. The summed E-state index contributed by atoms with van der Waals surface area (Å²) in [5.74, 6) is 0.676. The van der Waals surface area contributed by atoms with Crippen molar-refractivity contribution in [3.8, 4) is 0 Å². The van der Waals surface area contributed by atoms with Gasteiger partial charge in [-0.2, -0.15) is 0 Å². The van der Waals surface area contributed by atoms with Crippen LogP contribution >= 0.6 is 15.9 Å². The van der Waals surface area contributed by atoms with Gasteiger partial charge in [0, 0.05) is 13.6 Å². The molecular formula is C9H15BrN4O. The van der Waals surface area contributed by atoms with E-state index in [1.54, 1.807) is 0 Å². The van der Waals surface area contributed by atoms with Crippen LogP contribution in [0.1, 0.15) is 6.42 Å². The molecule has 0 saturated heterocycles. The van der Waals surface area contributed by atoms with Crippen LogP contribution in [0.15, 0.2) is 15.6 Å². The van der Waals surface area contributed by atoms with Gasteiger partial charge in [-0.05, 0) is 35.9 Å². The van der Waals surface area contributed by atoms with Gasteiger partial charge >= 0.3 is 0 Å². The first-order valence-corrected chi connectivity index (χ1v) is 5.55. The summed E-state index contributed by atoms with van der Waals surface area (Å²) in [6, 6.07) is 0. The van der Waals surface area contributed by atoms with Gasteiger partial charge in [0.05, 0.1) is 6.33 Å². The summed E-state index contributed by atoms with van der Waals surface area (Å²) in [5, 5.41) is 3.07. The van der Waals surface area contributed by atoms with E-state index in [0.29, 0.717) is 10.3 Å². The average molecular weight is 275 g/mol. The monoisotopic (exact) mass is 274 g/mol. The number of hydrogen-bond acceptors (Lipinski definition) is 4. The lowest BCUT2D eigenvalue weighted by Gasteiger charge is -2.18. The molecule has 0 aliphatic rings. The van der Waals surface area contributed by atoms with Gasteiger partial charge in [-0.15, -0.1) is 0 Å². The van der Waals surface area contributed by atoms with Crippen LogP contribution in [0.3, 0.4) is 0 Å². The van der Waals surface area contributed by atoms with Crippen molar-refractivity contribution in [2.45, 2.75) is 6.42 Å². The molecule has 1 aromatic rings. The summed E-state index contributed by atoms with van der Waals surface area (Å²) in [6.45, 7) is 1.81. The summed E-state index contributed by atoms with van der Waals surface area (Å²) in [7, 11) is 3.84. The third-order valence-electron chi connectivity index (χ3n) is 2.06. The maximum atomic E-state index is 11.3. The first kappa shape index (κ1) is 12.2. The van der Waals surface area contributed by atoms with Gasteiger partial charge in [-0.1, -0.05) is 0 Å². The fourth-order valence-corrected chi connectivity index (χ4v) is 1.76. The molecule has 1 rings (SSSR count). The first-order chi connectivity index (χ1) is 7.16. The average Bonchev–Trinajstić information content (AvgIpc) is 2.22. The molecule has 0 spiro atoms. The number of anilines is 1. The molecule has 0 aromatic carbocycles. The Morgan fingerprint density at radius 3 is 3.07 bits per heavy atom. The van der Waals surface area contributed by atoms with E-state index in [0.717, 1.165) is 19.5 Å². The van der Waals surface area contributed by atoms with Gasteiger partial charge in [-0.25, -0.2) is 4.98 Å². The van der Waals surface area contributed by atoms with Crippen LogP contribution in [-0.2, 0) is 0 Å². The lowest BCUT2D eigenvalue weighted by Crippen LogP contribution is -2.25. The Morgan fingerprint density at radius 1 is 1.67 bits per heavy atom.